The van der Waals surface area contributed by atoms with Crippen LogP contribution in [0.3, 0.4) is 0 Å². The second-order valence-corrected chi connectivity index (χ2v) is 10.3. The van der Waals surface area contributed by atoms with E-state index in [1.807, 2.05) is 53.7 Å². The maximum atomic E-state index is 12.9. The summed E-state index contributed by atoms with van der Waals surface area (Å²) >= 11 is 6.17. The number of fused-ring (bicyclic) bond motifs is 1. The zero-order valence-electron chi connectivity index (χ0n) is 19.9. The van der Waals surface area contributed by atoms with Crippen LogP contribution in [0.2, 0.25) is 5.02 Å². The first kappa shape index (κ1) is 24.4. The first-order valence-electron chi connectivity index (χ1n) is 11.4. The molecule has 8 heteroatoms. The van der Waals surface area contributed by atoms with E-state index in [1.165, 1.54) is 4.90 Å². The molecule has 1 aromatic carbocycles. The van der Waals surface area contributed by atoms with E-state index in [2.05, 4.69) is 10.3 Å². The molecule has 2 aliphatic heterocycles. The summed E-state index contributed by atoms with van der Waals surface area (Å²) in [4.78, 5) is 31.3. The summed E-state index contributed by atoms with van der Waals surface area (Å²) in [6.45, 7) is 12.2. The number of benzene rings is 1. The minimum absolute atomic E-state index is 0.00563. The molecule has 176 valence electrons. The molecule has 0 saturated heterocycles. The number of ether oxygens (including phenoxy) is 1. The van der Waals surface area contributed by atoms with Crippen LogP contribution in [-0.2, 0) is 9.59 Å². The third kappa shape index (κ3) is 5.37. The molecule has 7 nitrogen and oxygen atoms in total. The van der Waals surface area contributed by atoms with Gasteiger partial charge in [0, 0.05) is 29.5 Å². The summed E-state index contributed by atoms with van der Waals surface area (Å²) in [6, 6.07) is 5.33. The Morgan fingerprint density at radius 2 is 2.00 bits per heavy atom. The molecular formula is C24H35ClN4O3. The van der Waals surface area contributed by atoms with Crippen molar-refractivity contribution in [1.29, 1.82) is 0 Å². The van der Waals surface area contributed by atoms with Gasteiger partial charge in [-0.25, -0.2) is 4.99 Å². The molecule has 4 rings (SSSR count). The molecule has 2 heterocycles. The van der Waals surface area contributed by atoms with Gasteiger partial charge in [-0.15, -0.1) is 0 Å². The summed E-state index contributed by atoms with van der Waals surface area (Å²) in [6.07, 6.45) is 1.72. The van der Waals surface area contributed by atoms with E-state index in [1.54, 1.807) is 6.07 Å². The van der Waals surface area contributed by atoms with E-state index in [4.69, 9.17) is 22.1 Å². The quantitative estimate of drug-likeness (QED) is 0.705. The minimum atomic E-state index is -0.470. The number of halogens is 1. The molecule has 0 spiro atoms. The molecule has 3 N–H and O–H groups in total. The summed E-state index contributed by atoms with van der Waals surface area (Å²) in [5.41, 5.74) is 6.06. The average Bonchev–Trinajstić information content (AvgIpc) is 3.45. The van der Waals surface area contributed by atoms with Gasteiger partial charge in [0.05, 0.1) is 18.0 Å². The fraction of sp³-hybridized carbons (Fsp3) is 0.625. The van der Waals surface area contributed by atoms with Crippen LogP contribution in [0.15, 0.2) is 23.2 Å². The molecule has 0 bridgehead atoms. The first-order valence-corrected chi connectivity index (χ1v) is 11.8. The van der Waals surface area contributed by atoms with E-state index in [-0.39, 0.29) is 41.3 Å². The Bertz CT molecular complexity index is 928. The third-order valence-electron chi connectivity index (χ3n) is 6.00. The lowest BCUT2D eigenvalue weighted by Crippen LogP contribution is -2.50. The van der Waals surface area contributed by atoms with Gasteiger partial charge in [0.25, 0.3) is 0 Å². The van der Waals surface area contributed by atoms with Gasteiger partial charge in [0.1, 0.15) is 11.4 Å². The van der Waals surface area contributed by atoms with Crippen molar-refractivity contribution in [3.63, 3.8) is 0 Å². The topological polar surface area (TPSA) is 97.0 Å². The normalized spacial score (nSPS) is 27.2. The Morgan fingerprint density at radius 1 is 1.31 bits per heavy atom. The van der Waals surface area contributed by atoms with Crippen molar-refractivity contribution in [3.05, 3.63) is 28.8 Å². The van der Waals surface area contributed by atoms with Crippen LogP contribution < -0.4 is 15.8 Å². The van der Waals surface area contributed by atoms with E-state index in [0.717, 1.165) is 17.7 Å². The number of nitrogens with zero attached hydrogens (tertiary/aromatic N) is 2. The Hall–Kier alpha value is -2.28. The number of carbonyl (C=O) groups excluding carboxylic acids is 2. The Balaban J connectivity index is 0.00000141. The van der Waals surface area contributed by atoms with Crippen molar-refractivity contribution in [2.45, 2.75) is 78.0 Å². The van der Waals surface area contributed by atoms with Crippen molar-refractivity contribution in [1.82, 2.24) is 10.2 Å². The summed E-state index contributed by atoms with van der Waals surface area (Å²) in [5.74, 6) is 0.919. The van der Waals surface area contributed by atoms with E-state index >= 15 is 0 Å². The fourth-order valence-corrected chi connectivity index (χ4v) is 4.62. The highest BCUT2D eigenvalue weighted by atomic mass is 35.5. The lowest BCUT2D eigenvalue weighted by Gasteiger charge is -2.38. The van der Waals surface area contributed by atoms with Gasteiger partial charge in [-0.1, -0.05) is 25.4 Å². The number of nitrogens with one attached hydrogen (secondary N) is 1. The monoisotopic (exact) mass is 462 g/mol. The zero-order chi connectivity index (χ0) is 23.8. The summed E-state index contributed by atoms with van der Waals surface area (Å²) < 4.78 is 6.04. The molecule has 1 fully saturated rings. The minimum Gasteiger partial charge on any atom is -0.487 e. The van der Waals surface area contributed by atoms with Crippen LogP contribution in [0, 0.1) is 11.8 Å². The SMILES string of the molecule is CC.CC1(C)CC(=O)N(C[C@H]2CC2C(=O)N[C@H]2CC(C)(C)Oc3ccc(Cl)cc32)C(N)=N1. The van der Waals surface area contributed by atoms with Gasteiger partial charge in [-0.05, 0) is 58.2 Å². The summed E-state index contributed by atoms with van der Waals surface area (Å²) in [7, 11) is 0. The van der Waals surface area contributed by atoms with Gasteiger partial charge >= 0.3 is 0 Å². The molecule has 2 amide bonds. The molecule has 1 unspecified atom stereocenters. The van der Waals surface area contributed by atoms with Gasteiger partial charge in [0.15, 0.2) is 5.96 Å². The summed E-state index contributed by atoms with van der Waals surface area (Å²) in [5, 5.41) is 3.79. The van der Waals surface area contributed by atoms with Crippen molar-refractivity contribution in [3.8, 4) is 5.75 Å². The Kier molecular flexibility index (Phi) is 6.80. The van der Waals surface area contributed by atoms with Crippen LogP contribution in [0.1, 0.15) is 72.4 Å². The number of hydrogen-bond donors (Lipinski definition) is 2. The van der Waals surface area contributed by atoms with Crippen molar-refractivity contribution in [2.24, 2.45) is 22.6 Å². The molecule has 0 aromatic heterocycles. The van der Waals surface area contributed by atoms with Crippen molar-refractivity contribution >= 4 is 29.4 Å². The fourth-order valence-electron chi connectivity index (χ4n) is 4.44. The third-order valence-corrected chi connectivity index (χ3v) is 6.24. The van der Waals surface area contributed by atoms with Crippen molar-refractivity contribution in [2.75, 3.05) is 6.54 Å². The van der Waals surface area contributed by atoms with E-state index in [0.29, 0.717) is 24.4 Å². The van der Waals surface area contributed by atoms with Gasteiger partial charge in [-0.3, -0.25) is 14.5 Å². The van der Waals surface area contributed by atoms with Crippen LogP contribution in [0.5, 0.6) is 5.75 Å². The van der Waals surface area contributed by atoms with Crippen LogP contribution >= 0.6 is 11.6 Å². The zero-order valence-corrected chi connectivity index (χ0v) is 20.6. The highest BCUT2D eigenvalue weighted by Gasteiger charge is 2.47. The molecule has 1 aromatic rings. The van der Waals surface area contributed by atoms with Gasteiger partial charge < -0.3 is 15.8 Å². The lowest BCUT2D eigenvalue weighted by atomic mass is 9.89. The molecule has 0 radical (unpaired) electrons. The molecular weight excluding hydrogens is 428 g/mol. The van der Waals surface area contributed by atoms with E-state index < -0.39 is 5.54 Å². The molecule has 1 saturated carbocycles. The predicted molar refractivity (Wildman–Crippen MR) is 127 cm³/mol. The number of carbonyl (C=O) groups is 2. The maximum Gasteiger partial charge on any atom is 0.231 e. The first-order chi connectivity index (χ1) is 14.9. The predicted octanol–water partition coefficient (Wildman–Crippen LogP) is 4.05. The standard InChI is InChI=1S/C22H29ClN4O3.C2H6/c1-21(2)10-18(28)27(20(24)26-21)11-12-7-14(12)19(29)25-16-9-22(3,4)30-17-6-5-13(23)8-15(16)17;1-2/h5-6,8,12,14,16H,7,9-11H2,1-4H3,(H2,24,26)(H,25,29);1-2H3/t12-,14?,16+;/m1./s1. The maximum absolute atomic E-state index is 12.9. The Labute approximate surface area is 195 Å². The number of hydrogen-bond acceptors (Lipinski definition) is 5. The second kappa shape index (κ2) is 8.93. The second-order valence-electron chi connectivity index (χ2n) is 9.88. The lowest BCUT2D eigenvalue weighted by molar-refractivity contribution is -0.130. The van der Waals surface area contributed by atoms with Gasteiger partial charge in [-0.2, -0.15) is 0 Å². The molecule has 3 aliphatic rings. The van der Waals surface area contributed by atoms with E-state index in [9.17, 15) is 9.59 Å². The van der Waals surface area contributed by atoms with Gasteiger partial charge in [0.2, 0.25) is 11.8 Å². The van der Waals surface area contributed by atoms with Crippen LogP contribution in [0.4, 0.5) is 0 Å². The van der Waals surface area contributed by atoms with Crippen molar-refractivity contribution < 1.29 is 14.3 Å². The Morgan fingerprint density at radius 3 is 2.66 bits per heavy atom. The number of amides is 2. The number of nitrogens with two attached hydrogens (primary N) is 1. The van der Waals surface area contributed by atoms with Crippen LogP contribution in [0.25, 0.3) is 0 Å². The molecule has 3 atom stereocenters. The molecule has 32 heavy (non-hydrogen) atoms. The smallest absolute Gasteiger partial charge is 0.231 e. The average molecular weight is 463 g/mol. The van der Waals surface area contributed by atoms with Crippen LogP contribution in [-0.4, -0.2) is 40.4 Å². The highest BCUT2D eigenvalue weighted by Crippen LogP contribution is 2.43. The number of aliphatic imine (C=N–C) groups is 1. The number of guanidine groups is 1. The molecule has 1 aliphatic carbocycles. The largest absolute Gasteiger partial charge is 0.487 e. The highest BCUT2D eigenvalue weighted by molar-refractivity contribution is 6.30. The number of rotatable bonds is 4.